The lowest BCUT2D eigenvalue weighted by Gasteiger charge is -2.31. The van der Waals surface area contributed by atoms with Gasteiger partial charge in [-0.25, -0.2) is 4.39 Å². The number of rotatable bonds is 4. The fourth-order valence-corrected chi connectivity index (χ4v) is 4.34. The lowest BCUT2D eigenvalue weighted by atomic mass is 9.91. The second-order valence-corrected chi connectivity index (χ2v) is 9.62. The SMILES string of the molecule is CC(C)(C)c1nc(CN2CCC3(CC2)C[C@@H]3c2nnc(-c3cccc(F)c3)o2)no1. The van der Waals surface area contributed by atoms with Crippen molar-refractivity contribution in [3.8, 4) is 11.5 Å². The number of piperidine rings is 1. The molecule has 0 N–H and O–H groups in total. The number of hydrogen-bond donors (Lipinski definition) is 0. The molecule has 0 unspecified atom stereocenters. The van der Waals surface area contributed by atoms with Crippen molar-refractivity contribution in [2.75, 3.05) is 13.1 Å². The molecule has 1 aliphatic carbocycles. The molecule has 3 heterocycles. The summed E-state index contributed by atoms with van der Waals surface area (Å²) in [5.74, 6) is 2.48. The Balaban J connectivity index is 1.19. The van der Waals surface area contributed by atoms with E-state index in [9.17, 15) is 4.39 Å². The quantitative estimate of drug-likeness (QED) is 0.632. The van der Waals surface area contributed by atoms with Gasteiger partial charge in [-0.05, 0) is 56.0 Å². The van der Waals surface area contributed by atoms with E-state index in [2.05, 4.69) is 46.0 Å². The van der Waals surface area contributed by atoms with Gasteiger partial charge in [0.05, 0.1) is 6.54 Å². The van der Waals surface area contributed by atoms with Gasteiger partial charge >= 0.3 is 0 Å². The Kier molecular flexibility index (Phi) is 4.50. The summed E-state index contributed by atoms with van der Waals surface area (Å²) >= 11 is 0. The van der Waals surface area contributed by atoms with E-state index in [-0.39, 0.29) is 16.6 Å². The average Bonchev–Trinajstić information content (AvgIpc) is 3.08. The zero-order valence-electron chi connectivity index (χ0n) is 17.6. The van der Waals surface area contributed by atoms with E-state index < -0.39 is 0 Å². The van der Waals surface area contributed by atoms with Crippen LogP contribution >= 0.6 is 0 Å². The van der Waals surface area contributed by atoms with Crippen molar-refractivity contribution in [1.29, 1.82) is 0 Å². The highest BCUT2D eigenvalue weighted by molar-refractivity contribution is 5.52. The van der Waals surface area contributed by atoms with Crippen LogP contribution in [-0.4, -0.2) is 38.3 Å². The molecule has 1 aliphatic heterocycles. The van der Waals surface area contributed by atoms with E-state index in [1.165, 1.54) is 12.1 Å². The molecule has 3 aromatic rings. The Morgan fingerprint density at radius 2 is 2.00 bits per heavy atom. The lowest BCUT2D eigenvalue weighted by molar-refractivity contribution is 0.155. The molecule has 7 nitrogen and oxygen atoms in total. The maximum absolute atomic E-state index is 13.5. The molecule has 1 saturated carbocycles. The zero-order valence-corrected chi connectivity index (χ0v) is 17.6. The maximum Gasteiger partial charge on any atom is 0.247 e. The van der Waals surface area contributed by atoms with Crippen molar-refractivity contribution in [1.82, 2.24) is 25.2 Å². The van der Waals surface area contributed by atoms with Gasteiger partial charge in [0.2, 0.25) is 17.7 Å². The molecule has 5 rings (SSSR count). The summed E-state index contributed by atoms with van der Waals surface area (Å²) in [6.07, 6.45) is 3.24. The lowest BCUT2D eigenvalue weighted by Crippen LogP contribution is -2.34. The first kappa shape index (κ1) is 19.4. The van der Waals surface area contributed by atoms with Crippen LogP contribution in [0.25, 0.3) is 11.5 Å². The van der Waals surface area contributed by atoms with Crippen molar-refractivity contribution in [2.45, 2.75) is 57.9 Å². The van der Waals surface area contributed by atoms with E-state index in [4.69, 9.17) is 8.94 Å². The zero-order chi connectivity index (χ0) is 20.9. The minimum atomic E-state index is -0.307. The number of likely N-dealkylation sites (tertiary alicyclic amines) is 1. The third kappa shape index (κ3) is 3.64. The fraction of sp³-hybridized carbons (Fsp3) is 0.545. The third-order valence-electron chi connectivity index (χ3n) is 6.33. The molecule has 1 atom stereocenters. The molecule has 2 aromatic heterocycles. The molecule has 30 heavy (non-hydrogen) atoms. The first-order valence-corrected chi connectivity index (χ1v) is 10.5. The van der Waals surface area contributed by atoms with E-state index >= 15 is 0 Å². The summed E-state index contributed by atoms with van der Waals surface area (Å²) in [6, 6.07) is 6.26. The Morgan fingerprint density at radius 3 is 2.70 bits per heavy atom. The number of nitrogens with zero attached hydrogens (tertiary/aromatic N) is 5. The minimum Gasteiger partial charge on any atom is -0.420 e. The van der Waals surface area contributed by atoms with Crippen LogP contribution in [0.2, 0.25) is 0 Å². The Hall–Kier alpha value is -2.61. The molecule has 0 bridgehead atoms. The fourth-order valence-electron chi connectivity index (χ4n) is 4.34. The van der Waals surface area contributed by atoms with Crippen molar-refractivity contribution in [3.05, 3.63) is 47.7 Å². The molecule has 0 radical (unpaired) electrons. The first-order chi connectivity index (χ1) is 14.3. The standard InChI is InChI=1S/C22H26FN5O2/c1-21(2,3)20-24-17(27-30-20)13-28-9-7-22(8-10-28)12-16(22)19-26-25-18(29-19)14-5-4-6-15(23)11-14/h4-6,11,16H,7-10,12-13H2,1-3H3/t16-/m1/s1. The number of hydrogen-bond acceptors (Lipinski definition) is 7. The van der Waals surface area contributed by atoms with Gasteiger partial charge in [0, 0.05) is 16.9 Å². The maximum atomic E-state index is 13.5. The Labute approximate surface area is 174 Å². The van der Waals surface area contributed by atoms with E-state index in [0.717, 1.165) is 38.2 Å². The van der Waals surface area contributed by atoms with Crippen molar-refractivity contribution >= 4 is 0 Å². The second-order valence-electron chi connectivity index (χ2n) is 9.62. The molecule has 8 heteroatoms. The molecule has 1 saturated heterocycles. The van der Waals surface area contributed by atoms with Gasteiger partial charge < -0.3 is 8.94 Å². The predicted molar refractivity (Wildman–Crippen MR) is 107 cm³/mol. The molecule has 2 fully saturated rings. The summed E-state index contributed by atoms with van der Waals surface area (Å²) in [7, 11) is 0. The minimum absolute atomic E-state index is 0.132. The van der Waals surface area contributed by atoms with Crippen LogP contribution in [-0.2, 0) is 12.0 Å². The van der Waals surface area contributed by atoms with E-state index in [0.29, 0.717) is 35.7 Å². The predicted octanol–water partition coefficient (Wildman–Crippen LogP) is 4.33. The van der Waals surface area contributed by atoms with Crippen LogP contribution in [0, 0.1) is 11.2 Å². The van der Waals surface area contributed by atoms with Crippen LogP contribution < -0.4 is 0 Å². The van der Waals surface area contributed by atoms with Gasteiger partial charge in [0.25, 0.3) is 0 Å². The monoisotopic (exact) mass is 411 g/mol. The Bertz CT molecular complexity index is 1050. The van der Waals surface area contributed by atoms with Crippen molar-refractivity contribution in [3.63, 3.8) is 0 Å². The van der Waals surface area contributed by atoms with Crippen LogP contribution in [0.15, 0.2) is 33.2 Å². The van der Waals surface area contributed by atoms with Gasteiger partial charge in [0.1, 0.15) is 5.82 Å². The highest BCUT2D eigenvalue weighted by Crippen LogP contribution is 2.64. The van der Waals surface area contributed by atoms with Crippen molar-refractivity contribution in [2.24, 2.45) is 5.41 Å². The molecular formula is C22H26FN5O2. The van der Waals surface area contributed by atoms with Crippen LogP contribution in [0.5, 0.6) is 0 Å². The van der Waals surface area contributed by atoms with Gasteiger partial charge in [-0.1, -0.05) is 32.0 Å². The highest BCUT2D eigenvalue weighted by atomic mass is 19.1. The van der Waals surface area contributed by atoms with E-state index in [1.807, 2.05) is 0 Å². The summed E-state index contributed by atoms with van der Waals surface area (Å²) in [4.78, 5) is 6.93. The largest absolute Gasteiger partial charge is 0.420 e. The number of aromatic nitrogens is 4. The summed E-state index contributed by atoms with van der Waals surface area (Å²) in [6.45, 7) is 8.89. The summed E-state index contributed by atoms with van der Waals surface area (Å²) in [5.41, 5.74) is 0.733. The molecule has 158 valence electrons. The van der Waals surface area contributed by atoms with Gasteiger partial charge in [0.15, 0.2) is 5.82 Å². The number of benzene rings is 1. The smallest absolute Gasteiger partial charge is 0.247 e. The van der Waals surface area contributed by atoms with Gasteiger partial charge in [-0.2, -0.15) is 4.98 Å². The normalized spacial score (nSPS) is 21.3. The molecular weight excluding hydrogens is 385 g/mol. The van der Waals surface area contributed by atoms with Crippen LogP contribution in [0.1, 0.15) is 63.6 Å². The van der Waals surface area contributed by atoms with Gasteiger partial charge in [-0.15, -0.1) is 10.2 Å². The molecule has 2 aliphatic rings. The van der Waals surface area contributed by atoms with Crippen LogP contribution in [0.4, 0.5) is 4.39 Å². The Morgan fingerprint density at radius 1 is 1.20 bits per heavy atom. The highest BCUT2D eigenvalue weighted by Gasteiger charge is 2.58. The van der Waals surface area contributed by atoms with E-state index in [1.54, 1.807) is 12.1 Å². The van der Waals surface area contributed by atoms with Crippen LogP contribution in [0.3, 0.4) is 0 Å². The molecule has 1 aromatic carbocycles. The summed E-state index contributed by atoms with van der Waals surface area (Å²) in [5, 5.41) is 12.5. The first-order valence-electron chi connectivity index (χ1n) is 10.5. The van der Waals surface area contributed by atoms with Crippen molar-refractivity contribution < 1.29 is 13.3 Å². The number of halogens is 1. The topological polar surface area (TPSA) is 81.1 Å². The average molecular weight is 411 g/mol. The second kappa shape index (κ2) is 6.97. The van der Waals surface area contributed by atoms with Gasteiger partial charge in [-0.3, -0.25) is 4.90 Å². The summed E-state index contributed by atoms with van der Waals surface area (Å²) < 4.78 is 24.8. The third-order valence-corrected chi connectivity index (χ3v) is 6.33. The molecule has 1 spiro atoms. The molecule has 0 amide bonds.